The number of allylic oxidation sites excluding steroid dienone is 1. The van der Waals surface area contributed by atoms with Gasteiger partial charge in [-0.2, -0.15) is 13.2 Å². The highest BCUT2D eigenvalue weighted by Crippen LogP contribution is 2.61. The molecule has 0 spiro atoms. The quantitative estimate of drug-likeness (QED) is 0.557. The predicted molar refractivity (Wildman–Crippen MR) is 121 cm³/mol. The van der Waals surface area contributed by atoms with E-state index >= 15 is 0 Å². The van der Waals surface area contributed by atoms with Crippen molar-refractivity contribution in [2.45, 2.75) is 63.0 Å². The number of aryl methyl sites for hydroxylation is 1. The van der Waals surface area contributed by atoms with Crippen molar-refractivity contribution in [2.75, 3.05) is 0 Å². The van der Waals surface area contributed by atoms with E-state index in [2.05, 4.69) is 0 Å². The van der Waals surface area contributed by atoms with Gasteiger partial charge in [0.1, 0.15) is 5.75 Å². The summed E-state index contributed by atoms with van der Waals surface area (Å²) in [6.45, 7) is 0. The molecule has 3 nitrogen and oxygen atoms in total. The zero-order valence-corrected chi connectivity index (χ0v) is 18.9. The van der Waals surface area contributed by atoms with Crippen molar-refractivity contribution in [2.24, 2.45) is 17.8 Å². The zero-order chi connectivity index (χ0) is 24.1. The number of benzene rings is 2. The Morgan fingerprint density at radius 2 is 1.68 bits per heavy atom. The minimum atomic E-state index is -4.55. The van der Waals surface area contributed by atoms with E-state index in [0.29, 0.717) is 18.6 Å². The first-order valence-electron chi connectivity index (χ1n) is 12.0. The van der Waals surface area contributed by atoms with Crippen molar-refractivity contribution in [3.8, 4) is 5.75 Å². The van der Waals surface area contributed by atoms with E-state index in [1.165, 1.54) is 37.5 Å². The molecule has 6 heteroatoms. The van der Waals surface area contributed by atoms with Crippen LogP contribution in [0.2, 0.25) is 0 Å². The molecule has 0 saturated heterocycles. The van der Waals surface area contributed by atoms with Crippen LogP contribution in [0.1, 0.15) is 67.2 Å². The lowest BCUT2D eigenvalue weighted by Crippen LogP contribution is -2.48. The molecule has 180 valence electrons. The molecule has 1 N–H and O–H groups in total. The smallest absolute Gasteiger partial charge is 0.416 e. The second-order valence-corrected chi connectivity index (χ2v) is 10.6. The molecule has 0 radical (unpaired) electrons. The number of phenolic OH excluding ortho intramolecular Hbond substituents is 1. The molecule has 2 aromatic carbocycles. The number of carbonyl (C=O) groups excluding carboxylic acids is 1. The molecule has 4 aliphatic rings. The fraction of sp³-hybridized carbons (Fsp3) is 0.464. The molecule has 6 rings (SSSR count). The Kier molecular flexibility index (Phi) is 5.73. The van der Waals surface area contributed by atoms with E-state index < -0.39 is 17.7 Å². The van der Waals surface area contributed by atoms with Gasteiger partial charge in [0.15, 0.2) is 0 Å². The number of aliphatic carboxylic acids is 1. The largest absolute Gasteiger partial charge is 0.545 e. The molecule has 4 aliphatic carbocycles. The summed E-state index contributed by atoms with van der Waals surface area (Å²) in [5.74, 6) is 1.11. The highest BCUT2D eigenvalue weighted by atomic mass is 19.4. The van der Waals surface area contributed by atoms with Crippen LogP contribution < -0.4 is 5.11 Å². The molecule has 4 fully saturated rings. The van der Waals surface area contributed by atoms with Gasteiger partial charge in [-0.05, 0) is 104 Å². The van der Waals surface area contributed by atoms with Gasteiger partial charge in [0.25, 0.3) is 0 Å². The van der Waals surface area contributed by atoms with Crippen LogP contribution in [-0.2, 0) is 22.8 Å². The van der Waals surface area contributed by atoms with Crippen molar-refractivity contribution >= 4 is 11.5 Å². The fourth-order valence-electron chi connectivity index (χ4n) is 7.19. The Balaban J connectivity index is 1.31. The summed E-state index contributed by atoms with van der Waals surface area (Å²) in [5, 5.41) is 22.5. The predicted octanol–water partition coefficient (Wildman–Crippen LogP) is 5.64. The average molecular weight is 470 g/mol. The maximum Gasteiger partial charge on any atom is 0.416 e. The number of aromatic hydroxyl groups is 1. The first kappa shape index (κ1) is 23.0. The topological polar surface area (TPSA) is 60.4 Å². The average Bonchev–Trinajstić information content (AvgIpc) is 2.75. The third-order valence-electron chi connectivity index (χ3n) is 8.17. The monoisotopic (exact) mass is 469 g/mol. The Morgan fingerprint density at radius 3 is 2.24 bits per heavy atom. The summed E-state index contributed by atoms with van der Waals surface area (Å²) >= 11 is 0. The van der Waals surface area contributed by atoms with Gasteiger partial charge in [0.05, 0.1) is 11.5 Å². The van der Waals surface area contributed by atoms with E-state index in [1.54, 1.807) is 6.07 Å². The van der Waals surface area contributed by atoms with Crippen LogP contribution >= 0.6 is 0 Å². The first-order chi connectivity index (χ1) is 16.1. The minimum absolute atomic E-state index is 0.0326. The molecule has 0 aliphatic heterocycles. The number of rotatable bonds is 6. The molecule has 4 bridgehead atoms. The Bertz CT molecular complexity index is 1100. The standard InChI is InChI=1S/C28H29F3O3/c29-28(30,31)22-5-2-4-21(13-22)23(26(33)34)6-1-3-17-7-8-24(25(32)12-17)27-14-18-9-19(15-27)11-20(10-18)16-27/h2,4-8,12-13,18-20,32H,1,3,9-11,14-16H2,(H,33,34)/p-1/b23-6+. The summed E-state index contributed by atoms with van der Waals surface area (Å²) < 4.78 is 39.0. The summed E-state index contributed by atoms with van der Waals surface area (Å²) in [6, 6.07) is 10.1. The van der Waals surface area contributed by atoms with Gasteiger partial charge in [-0.1, -0.05) is 30.3 Å². The van der Waals surface area contributed by atoms with E-state index in [9.17, 15) is 28.2 Å². The third kappa shape index (κ3) is 4.35. The number of halogens is 3. The van der Waals surface area contributed by atoms with Gasteiger partial charge in [0, 0.05) is 11.1 Å². The van der Waals surface area contributed by atoms with E-state index in [-0.39, 0.29) is 16.6 Å². The number of hydrogen-bond donors (Lipinski definition) is 1. The Morgan fingerprint density at radius 1 is 1.03 bits per heavy atom. The van der Waals surface area contributed by atoms with Gasteiger partial charge in [-0.25, -0.2) is 0 Å². The highest BCUT2D eigenvalue weighted by Gasteiger charge is 2.52. The second-order valence-electron chi connectivity index (χ2n) is 10.6. The van der Waals surface area contributed by atoms with Crippen LogP contribution in [0.25, 0.3) is 5.57 Å². The maximum absolute atomic E-state index is 13.0. The van der Waals surface area contributed by atoms with E-state index in [1.807, 2.05) is 12.1 Å². The number of hydrogen-bond acceptors (Lipinski definition) is 3. The molecule has 4 saturated carbocycles. The fourth-order valence-corrected chi connectivity index (χ4v) is 7.19. The van der Waals surface area contributed by atoms with Crippen molar-refractivity contribution in [1.29, 1.82) is 0 Å². The molecule has 0 heterocycles. The van der Waals surface area contributed by atoms with Gasteiger partial charge in [0.2, 0.25) is 0 Å². The van der Waals surface area contributed by atoms with Crippen LogP contribution in [0.15, 0.2) is 48.5 Å². The van der Waals surface area contributed by atoms with Crippen molar-refractivity contribution in [3.63, 3.8) is 0 Å². The summed E-state index contributed by atoms with van der Waals surface area (Å²) in [4.78, 5) is 11.6. The van der Waals surface area contributed by atoms with Crippen LogP contribution in [-0.4, -0.2) is 11.1 Å². The maximum atomic E-state index is 13.0. The van der Waals surface area contributed by atoms with Gasteiger partial charge < -0.3 is 15.0 Å². The molecule has 0 unspecified atom stereocenters. The van der Waals surface area contributed by atoms with Gasteiger partial charge in [-0.3, -0.25) is 0 Å². The van der Waals surface area contributed by atoms with Crippen molar-refractivity contribution in [3.05, 3.63) is 70.8 Å². The molecule has 2 aromatic rings. The lowest BCUT2D eigenvalue weighted by molar-refractivity contribution is -0.295. The molecule has 0 aromatic heterocycles. The number of alkyl halides is 3. The van der Waals surface area contributed by atoms with Gasteiger partial charge in [-0.15, -0.1) is 0 Å². The lowest BCUT2D eigenvalue weighted by Gasteiger charge is -2.57. The molecule has 0 amide bonds. The SMILES string of the molecule is O=C([O-])/C(=C/CCc1ccc(C23CC4CC(CC(C4)C2)C3)c(O)c1)c1cccc(C(F)(F)F)c1. The number of phenols is 1. The van der Waals surface area contributed by atoms with Crippen LogP contribution in [0.4, 0.5) is 13.2 Å². The zero-order valence-electron chi connectivity index (χ0n) is 18.9. The van der Waals surface area contributed by atoms with Crippen LogP contribution in [0.3, 0.4) is 0 Å². The minimum Gasteiger partial charge on any atom is -0.545 e. The Labute approximate surface area is 197 Å². The second kappa shape index (κ2) is 8.47. The summed E-state index contributed by atoms with van der Waals surface area (Å²) in [7, 11) is 0. The van der Waals surface area contributed by atoms with Crippen molar-refractivity contribution < 1.29 is 28.2 Å². The lowest BCUT2D eigenvalue weighted by atomic mass is 9.48. The Hall–Kier alpha value is -2.76. The summed E-state index contributed by atoms with van der Waals surface area (Å²) in [6.07, 6.45) is 5.06. The molecule has 0 atom stereocenters. The first-order valence-corrected chi connectivity index (χ1v) is 12.0. The highest BCUT2D eigenvalue weighted by molar-refractivity contribution is 6.14. The van der Waals surface area contributed by atoms with Crippen LogP contribution in [0, 0.1) is 17.8 Å². The van der Waals surface area contributed by atoms with E-state index in [4.69, 9.17) is 0 Å². The number of carbonyl (C=O) groups is 1. The molecular weight excluding hydrogens is 441 g/mol. The normalized spacial score (nSPS) is 28.3. The van der Waals surface area contributed by atoms with Crippen molar-refractivity contribution in [1.82, 2.24) is 0 Å². The molecule has 34 heavy (non-hydrogen) atoms. The van der Waals surface area contributed by atoms with Crippen LogP contribution in [0.5, 0.6) is 5.75 Å². The number of carboxylic acid groups (broad SMARTS) is 1. The van der Waals surface area contributed by atoms with E-state index in [0.717, 1.165) is 60.3 Å². The summed E-state index contributed by atoms with van der Waals surface area (Å²) in [5.41, 5.74) is 0.801. The third-order valence-corrected chi connectivity index (χ3v) is 8.17. The number of carboxylic acids is 1. The van der Waals surface area contributed by atoms with Gasteiger partial charge >= 0.3 is 6.18 Å². The molecular formula is C28H28F3O3-.